The van der Waals surface area contributed by atoms with E-state index >= 15 is 0 Å². The molecule has 0 aliphatic carbocycles. The molecule has 1 heterocycles. The quantitative estimate of drug-likeness (QED) is 0.496. The van der Waals surface area contributed by atoms with Crippen LogP contribution in [0.2, 0.25) is 0 Å². The highest BCUT2D eigenvalue weighted by atomic mass is 16.6. The monoisotopic (exact) mass is 263 g/mol. The average molecular weight is 263 g/mol. The van der Waals surface area contributed by atoms with Crippen molar-refractivity contribution in [2.45, 2.75) is 32.4 Å². The van der Waals surface area contributed by atoms with Gasteiger partial charge < -0.3 is 15.5 Å². The molecular weight excluding hydrogens is 246 g/mol. The van der Waals surface area contributed by atoms with E-state index in [1.165, 1.54) is 6.07 Å². The van der Waals surface area contributed by atoms with Gasteiger partial charge in [0.15, 0.2) is 0 Å². The number of benzene rings is 1. The van der Waals surface area contributed by atoms with Crippen LogP contribution in [0.1, 0.15) is 30.4 Å². The lowest BCUT2D eigenvalue weighted by atomic mass is 10.0. The van der Waals surface area contributed by atoms with Crippen LogP contribution in [0.15, 0.2) is 12.1 Å². The Kier molecular flexibility index (Phi) is 4.11. The van der Waals surface area contributed by atoms with E-state index < -0.39 is 4.92 Å². The van der Waals surface area contributed by atoms with Crippen molar-refractivity contribution in [3.05, 3.63) is 33.4 Å². The maximum absolute atomic E-state index is 10.9. The summed E-state index contributed by atoms with van der Waals surface area (Å²) in [6.45, 7) is 2.38. The molecule has 0 saturated carbocycles. The fourth-order valence-corrected chi connectivity index (χ4v) is 2.25. The van der Waals surface area contributed by atoms with Crippen molar-refractivity contribution < 1.29 is 9.66 Å². The van der Waals surface area contributed by atoms with E-state index in [1.807, 2.05) is 0 Å². The second-order valence-electron chi connectivity index (χ2n) is 4.57. The number of hydrogen-bond donors (Lipinski definition) is 2. The number of nitrogens with one attached hydrogen (secondary N) is 2. The average Bonchev–Trinajstić information content (AvgIpc) is 2.40. The van der Waals surface area contributed by atoms with Crippen LogP contribution in [-0.4, -0.2) is 24.0 Å². The van der Waals surface area contributed by atoms with Crippen LogP contribution in [-0.2, 0) is 4.74 Å². The van der Waals surface area contributed by atoms with Gasteiger partial charge in [-0.1, -0.05) is 0 Å². The summed E-state index contributed by atoms with van der Waals surface area (Å²) in [5.41, 5.74) is 1.79. The fraction of sp³-hybridized carbons (Fsp3) is 0.462. The number of rotatable bonds is 4. The molecule has 2 rings (SSSR count). The van der Waals surface area contributed by atoms with E-state index in [2.05, 4.69) is 5.32 Å². The molecule has 1 aliphatic rings. The highest BCUT2D eigenvalue weighted by molar-refractivity contribution is 5.89. The molecule has 1 aliphatic heterocycles. The molecule has 1 saturated heterocycles. The predicted octanol–water partition coefficient (Wildman–Crippen LogP) is 2.84. The lowest BCUT2D eigenvalue weighted by molar-refractivity contribution is -0.385. The van der Waals surface area contributed by atoms with Gasteiger partial charge >= 0.3 is 0 Å². The highest BCUT2D eigenvalue weighted by Gasteiger charge is 2.19. The normalized spacial score (nSPS) is 18.9. The first-order chi connectivity index (χ1) is 9.13. The number of nitro benzene ring substituents is 1. The van der Waals surface area contributed by atoms with Crippen LogP contribution in [0.4, 0.5) is 11.4 Å². The standard InChI is InChI=1S/C13H17N3O3/c1-9-10(8-14)11(5-6-12(9)16(17)18)15-13-4-2-3-7-19-13/h5-6,8,13-15H,2-4,7H2,1H3. The van der Waals surface area contributed by atoms with Gasteiger partial charge in [0, 0.05) is 35.7 Å². The Balaban J connectivity index is 2.27. The van der Waals surface area contributed by atoms with Gasteiger partial charge in [0.05, 0.1) is 4.92 Å². The summed E-state index contributed by atoms with van der Waals surface area (Å²) in [4.78, 5) is 10.4. The summed E-state index contributed by atoms with van der Waals surface area (Å²) in [7, 11) is 0. The molecule has 1 fully saturated rings. The van der Waals surface area contributed by atoms with Gasteiger partial charge in [-0.2, -0.15) is 0 Å². The zero-order valence-electron chi connectivity index (χ0n) is 10.8. The van der Waals surface area contributed by atoms with Crippen molar-refractivity contribution in [3.8, 4) is 0 Å². The van der Waals surface area contributed by atoms with Gasteiger partial charge in [0.1, 0.15) is 6.23 Å². The molecule has 19 heavy (non-hydrogen) atoms. The van der Waals surface area contributed by atoms with E-state index in [-0.39, 0.29) is 11.9 Å². The number of ether oxygens (including phenoxy) is 1. The second-order valence-corrected chi connectivity index (χ2v) is 4.57. The maximum atomic E-state index is 10.9. The Labute approximate surface area is 111 Å². The molecular formula is C13H17N3O3. The molecule has 0 radical (unpaired) electrons. The Morgan fingerprint density at radius 2 is 2.32 bits per heavy atom. The minimum absolute atomic E-state index is 0.0358. The Hall–Kier alpha value is -1.95. The zero-order chi connectivity index (χ0) is 13.8. The largest absolute Gasteiger partial charge is 0.360 e. The SMILES string of the molecule is Cc1c([N+](=O)[O-])ccc(NC2CCCCO2)c1C=N. The van der Waals surface area contributed by atoms with Crippen LogP contribution >= 0.6 is 0 Å². The third kappa shape index (κ3) is 2.90. The summed E-state index contributed by atoms with van der Waals surface area (Å²) in [5.74, 6) is 0. The maximum Gasteiger partial charge on any atom is 0.273 e. The van der Waals surface area contributed by atoms with Crippen molar-refractivity contribution in [1.29, 1.82) is 5.41 Å². The molecule has 6 nitrogen and oxygen atoms in total. The van der Waals surface area contributed by atoms with Crippen molar-refractivity contribution in [1.82, 2.24) is 0 Å². The number of hydrogen-bond acceptors (Lipinski definition) is 5. The smallest absolute Gasteiger partial charge is 0.273 e. The summed E-state index contributed by atoms with van der Waals surface area (Å²) >= 11 is 0. The van der Waals surface area contributed by atoms with Crippen molar-refractivity contribution in [2.24, 2.45) is 0 Å². The Morgan fingerprint density at radius 1 is 1.53 bits per heavy atom. The molecule has 0 amide bonds. The van der Waals surface area contributed by atoms with Crippen molar-refractivity contribution in [2.75, 3.05) is 11.9 Å². The van der Waals surface area contributed by atoms with E-state index in [1.54, 1.807) is 13.0 Å². The van der Waals surface area contributed by atoms with Gasteiger partial charge in [-0.15, -0.1) is 0 Å². The molecule has 102 valence electrons. The third-order valence-corrected chi connectivity index (χ3v) is 3.32. The molecule has 6 heteroatoms. The van der Waals surface area contributed by atoms with E-state index in [9.17, 15) is 10.1 Å². The predicted molar refractivity (Wildman–Crippen MR) is 72.9 cm³/mol. The lowest BCUT2D eigenvalue weighted by Crippen LogP contribution is -2.27. The summed E-state index contributed by atoms with van der Waals surface area (Å²) in [6, 6.07) is 3.11. The first-order valence-corrected chi connectivity index (χ1v) is 6.30. The molecule has 1 aromatic carbocycles. The molecule has 1 aromatic rings. The van der Waals surface area contributed by atoms with Crippen molar-refractivity contribution in [3.63, 3.8) is 0 Å². The second kappa shape index (κ2) is 5.79. The fourth-order valence-electron chi connectivity index (χ4n) is 2.25. The molecule has 0 bridgehead atoms. The lowest BCUT2D eigenvalue weighted by Gasteiger charge is -2.25. The van der Waals surface area contributed by atoms with Crippen LogP contribution in [0.25, 0.3) is 0 Å². The number of nitrogens with zero attached hydrogens (tertiary/aromatic N) is 1. The third-order valence-electron chi connectivity index (χ3n) is 3.32. The molecule has 0 aromatic heterocycles. The van der Waals surface area contributed by atoms with E-state index in [0.717, 1.165) is 32.1 Å². The van der Waals surface area contributed by atoms with E-state index in [4.69, 9.17) is 10.1 Å². The molecule has 2 N–H and O–H groups in total. The Bertz CT molecular complexity index is 496. The van der Waals surface area contributed by atoms with Crippen LogP contribution in [0.5, 0.6) is 0 Å². The van der Waals surface area contributed by atoms with E-state index in [0.29, 0.717) is 16.8 Å². The first kappa shape index (κ1) is 13.5. The van der Waals surface area contributed by atoms with Gasteiger partial charge in [0.2, 0.25) is 0 Å². The summed E-state index contributed by atoms with van der Waals surface area (Å²) in [6.07, 6.45) is 4.15. The van der Waals surface area contributed by atoms with Gasteiger partial charge in [-0.25, -0.2) is 0 Å². The first-order valence-electron chi connectivity index (χ1n) is 6.30. The summed E-state index contributed by atoms with van der Waals surface area (Å²) < 4.78 is 5.58. The zero-order valence-corrected chi connectivity index (χ0v) is 10.8. The van der Waals surface area contributed by atoms with Gasteiger partial charge in [-0.05, 0) is 32.3 Å². The van der Waals surface area contributed by atoms with Crippen LogP contribution in [0, 0.1) is 22.4 Å². The molecule has 0 spiro atoms. The number of anilines is 1. The van der Waals surface area contributed by atoms with Gasteiger partial charge in [0.25, 0.3) is 5.69 Å². The molecule has 1 unspecified atom stereocenters. The number of nitro groups is 1. The van der Waals surface area contributed by atoms with Crippen LogP contribution in [0.3, 0.4) is 0 Å². The topological polar surface area (TPSA) is 88.2 Å². The van der Waals surface area contributed by atoms with Crippen molar-refractivity contribution >= 4 is 17.6 Å². The highest BCUT2D eigenvalue weighted by Crippen LogP contribution is 2.28. The minimum atomic E-state index is -0.427. The minimum Gasteiger partial charge on any atom is -0.360 e. The van der Waals surface area contributed by atoms with Crippen LogP contribution < -0.4 is 5.32 Å². The van der Waals surface area contributed by atoms with Gasteiger partial charge in [-0.3, -0.25) is 10.1 Å². The molecule has 1 atom stereocenters. The summed E-state index contributed by atoms with van der Waals surface area (Å²) in [5, 5.41) is 21.5. The Morgan fingerprint density at radius 3 is 2.89 bits per heavy atom.